The van der Waals surface area contributed by atoms with E-state index in [-0.39, 0.29) is 0 Å². The van der Waals surface area contributed by atoms with E-state index in [9.17, 15) is 4.79 Å². The number of thioether (sulfide) groups is 1. The van der Waals surface area contributed by atoms with E-state index >= 15 is 0 Å². The quantitative estimate of drug-likeness (QED) is 0.585. The van der Waals surface area contributed by atoms with Crippen LogP contribution in [0.25, 0.3) is 17.5 Å². The van der Waals surface area contributed by atoms with Gasteiger partial charge in [0.1, 0.15) is 5.82 Å². The number of ether oxygens (including phenoxy) is 1. The maximum absolute atomic E-state index is 11.3. The predicted molar refractivity (Wildman–Crippen MR) is 109 cm³/mol. The van der Waals surface area contributed by atoms with Gasteiger partial charge in [0.25, 0.3) is 0 Å². The second-order valence-electron chi connectivity index (χ2n) is 6.44. The van der Waals surface area contributed by atoms with E-state index in [4.69, 9.17) is 14.7 Å². The molecule has 2 aliphatic heterocycles. The van der Waals surface area contributed by atoms with Gasteiger partial charge in [-0.3, -0.25) is 4.79 Å². The highest BCUT2D eigenvalue weighted by atomic mass is 32.2. The number of nitrogens with zero attached hydrogens (tertiary/aromatic N) is 4. The van der Waals surface area contributed by atoms with Crippen molar-refractivity contribution < 1.29 is 9.53 Å². The van der Waals surface area contributed by atoms with Crippen molar-refractivity contribution in [3.05, 3.63) is 36.0 Å². The molecular weight excluding hydrogens is 360 g/mol. The summed E-state index contributed by atoms with van der Waals surface area (Å²) in [6.07, 6.45) is 5.54. The first-order chi connectivity index (χ1) is 13.3. The Bertz CT molecular complexity index is 881. The van der Waals surface area contributed by atoms with Crippen LogP contribution in [-0.2, 0) is 16.0 Å². The number of rotatable bonds is 5. The van der Waals surface area contributed by atoms with Crippen molar-refractivity contribution in [1.82, 2.24) is 9.97 Å². The van der Waals surface area contributed by atoms with Crippen LogP contribution in [-0.4, -0.2) is 55.5 Å². The van der Waals surface area contributed by atoms with Crippen LogP contribution in [0.15, 0.2) is 29.7 Å². The SMILES string of the molecule is C=Cc1nc(-c2cccc3c2CCN3C=O)nc(N2CCOCC2)c1SC. The maximum Gasteiger partial charge on any atom is 0.214 e. The molecule has 1 aromatic carbocycles. The van der Waals surface area contributed by atoms with Crippen LogP contribution in [0, 0.1) is 0 Å². The Morgan fingerprint density at radius 2 is 2.04 bits per heavy atom. The molecule has 7 heteroatoms. The molecule has 0 atom stereocenters. The molecule has 1 fully saturated rings. The van der Waals surface area contributed by atoms with E-state index in [1.165, 1.54) is 0 Å². The van der Waals surface area contributed by atoms with E-state index in [1.54, 1.807) is 22.7 Å². The topological polar surface area (TPSA) is 58.6 Å². The maximum atomic E-state index is 11.3. The lowest BCUT2D eigenvalue weighted by molar-refractivity contribution is -0.107. The molecule has 1 amide bonds. The molecule has 2 aliphatic rings. The number of amides is 1. The minimum atomic E-state index is 0.689. The van der Waals surface area contributed by atoms with Gasteiger partial charge in [0, 0.05) is 30.9 Å². The first-order valence-electron chi connectivity index (χ1n) is 9.02. The Labute approximate surface area is 163 Å². The first kappa shape index (κ1) is 18.0. The Balaban J connectivity index is 1.86. The van der Waals surface area contributed by atoms with Crippen LogP contribution < -0.4 is 9.80 Å². The number of carbonyl (C=O) groups is 1. The lowest BCUT2D eigenvalue weighted by Crippen LogP contribution is -2.37. The van der Waals surface area contributed by atoms with Gasteiger partial charge in [0.2, 0.25) is 6.41 Å². The number of aromatic nitrogens is 2. The summed E-state index contributed by atoms with van der Waals surface area (Å²) < 4.78 is 5.50. The molecule has 4 rings (SSSR count). The average Bonchev–Trinajstić information content (AvgIpc) is 3.16. The molecule has 0 unspecified atom stereocenters. The van der Waals surface area contributed by atoms with E-state index in [0.29, 0.717) is 25.6 Å². The van der Waals surface area contributed by atoms with Crippen LogP contribution in [0.3, 0.4) is 0 Å². The molecule has 0 radical (unpaired) electrons. The highest BCUT2D eigenvalue weighted by Gasteiger charge is 2.25. The molecular formula is C20H22N4O2S. The summed E-state index contributed by atoms with van der Waals surface area (Å²) in [6, 6.07) is 5.98. The smallest absolute Gasteiger partial charge is 0.214 e. The fourth-order valence-corrected chi connectivity index (χ4v) is 4.37. The number of anilines is 2. The molecule has 0 bridgehead atoms. The van der Waals surface area contributed by atoms with Gasteiger partial charge in [-0.1, -0.05) is 18.7 Å². The van der Waals surface area contributed by atoms with Crippen molar-refractivity contribution in [3.63, 3.8) is 0 Å². The second kappa shape index (κ2) is 7.70. The van der Waals surface area contributed by atoms with E-state index in [1.807, 2.05) is 24.5 Å². The van der Waals surface area contributed by atoms with Crippen molar-refractivity contribution >= 4 is 35.8 Å². The lowest BCUT2D eigenvalue weighted by Gasteiger charge is -2.30. The van der Waals surface area contributed by atoms with Gasteiger partial charge >= 0.3 is 0 Å². The molecule has 27 heavy (non-hydrogen) atoms. The van der Waals surface area contributed by atoms with Gasteiger partial charge in [-0.25, -0.2) is 9.97 Å². The van der Waals surface area contributed by atoms with Crippen LogP contribution in [0.1, 0.15) is 11.3 Å². The average molecular weight is 382 g/mol. The third-order valence-corrected chi connectivity index (χ3v) is 5.81. The lowest BCUT2D eigenvalue weighted by atomic mass is 10.0. The summed E-state index contributed by atoms with van der Waals surface area (Å²) in [6.45, 7) is 7.68. The molecule has 0 spiro atoms. The Morgan fingerprint density at radius 3 is 2.74 bits per heavy atom. The van der Waals surface area contributed by atoms with Crippen LogP contribution in [0.4, 0.5) is 11.5 Å². The van der Waals surface area contributed by atoms with Gasteiger partial charge in [-0.2, -0.15) is 0 Å². The van der Waals surface area contributed by atoms with Gasteiger partial charge in [0.15, 0.2) is 5.82 Å². The predicted octanol–water partition coefficient (Wildman–Crippen LogP) is 2.86. The summed E-state index contributed by atoms with van der Waals surface area (Å²) in [5, 5.41) is 0. The number of carbonyl (C=O) groups excluding carboxylic acids is 1. The van der Waals surface area contributed by atoms with Crippen LogP contribution in [0.2, 0.25) is 0 Å². The number of benzene rings is 1. The van der Waals surface area contributed by atoms with E-state index in [2.05, 4.69) is 11.5 Å². The molecule has 0 N–H and O–H groups in total. The third-order valence-electron chi connectivity index (χ3n) is 5.01. The van der Waals surface area contributed by atoms with Gasteiger partial charge < -0.3 is 14.5 Å². The molecule has 3 heterocycles. The third kappa shape index (κ3) is 3.21. The summed E-state index contributed by atoms with van der Waals surface area (Å²) in [4.78, 5) is 26.1. The van der Waals surface area contributed by atoms with Crippen molar-refractivity contribution in [1.29, 1.82) is 0 Å². The molecule has 140 valence electrons. The standard InChI is InChI=1S/C20H22N4O2S/c1-3-16-18(27-2)20(23-9-11-26-12-10-23)22-19(21-16)15-5-4-6-17-14(15)7-8-24(17)13-25/h3-6,13H,1,7-12H2,2H3. The molecule has 0 aliphatic carbocycles. The summed E-state index contributed by atoms with van der Waals surface area (Å²) in [5.74, 6) is 1.63. The Hall–Kier alpha value is -2.38. The molecule has 2 aromatic rings. The number of hydrogen-bond donors (Lipinski definition) is 0. The van der Waals surface area contributed by atoms with Crippen molar-refractivity contribution in [3.8, 4) is 11.4 Å². The summed E-state index contributed by atoms with van der Waals surface area (Å²) in [7, 11) is 0. The minimum absolute atomic E-state index is 0.689. The normalized spacial score (nSPS) is 16.3. The fourth-order valence-electron chi connectivity index (χ4n) is 3.68. The highest BCUT2D eigenvalue weighted by molar-refractivity contribution is 7.98. The largest absolute Gasteiger partial charge is 0.378 e. The van der Waals surface area contributed by atoms with Crippen LogP contribution >= 0.6 is 11.8 Å². The second-order valence-corrected chi connectivity index (χ2v) is 7.26. The highest BCUT2D eigenvalue weighted by Crippen LogP contribution is 2.37. The van der Waals surface area contributed by atoms with Crippen molar-refractivity contribution in [2.75, 3.05) is 48.9 Å². The minimum Gasteiger partial charge on any atom is -0.378 e. The summed E-state index contributed by atoms with van der Waals surface area (Å²) >= 11 is 1.64. The van der Waals surface area contributed by atoms with E-state index in [0.717, 1.165) is 59.1 Å². The van der Waals surface area contributed by atoms with Gasteiger partial charge in [-0.05, 0) is 30.4 Å². The Kier molecular flexibility index (Phi) is 5.13. The molecule has 6 nitrogen and oxygen atoms in total. The van der Waals surface area contributed by atoms with E-state index < -0.39 is 0 Å². The fraction of sp³-hybridized carbons (Fsp3) is 0.350. The van der Waals surface area contributed by atoms with Crippen molar-refractivity contribution in [2.45, 2.75) is 11.3 Å². The zero-order valence-electron chi connectivity index (χ0n) is 15.4. The summed E-state index contributed by atoms with van der Waals surface area (Å²) in [5.41, 5.74) is 3.91. The monoisotopic (exact) mass is 382 g/mol. The number of fused-ring (bicyclic) bond motifs is 1. The molecule has 0 saturated carbocycles. The van der Waals surface area contributed by atoms with Gasteiger partial charge in [-0.15, -0.1) is 11.8 Å². The number of morpholine rings is 1. The van der Waals surface area contributed by atoms with Crippen molar-refractivity contribution in [2.24, 2.45) is 0 Å². The zero-order valence-corrected chi connectivity index (χ0v) is 16.2. The first-order valence-corrected chi connectivity index (χ1v) is 10.2. The van der Waals surface area contributed by atoms with Crippen LogP contribution in [0.5, 0.6) is 0 Å². The number of hydrogen-bond acceptors (Lipinski definition) is 6. The van der Waals surface area contributed by atoms with Gasteiger partial charge in [0.05, 0.1) is 23.8 Å². The Morgan fingerprint density at radius 1 is 1.22 bits per heavy atom. The zero-order chi connectivity index (χ0) is 18.8. The molecule has 1 aromatic heterocycles. The molecule has 1 saturated heterocycles.